The fourth-order valence-corrected chi connectivity index (χ4v) is 4.53. The molecule has 1 saturated heterocycles. The lowest BCUT2D eigenvalue weighted by atomic mass is 9.94. The van der Waals surface area contributed by atoms with E-state index < -0.39 is 10.0 Å². The number of benzene rings is 2. The first-order valence-corrected chi connectivity index (χ1v) is 11.2. The molecule has 0 radical (unpaired) electrons. The van der Waals surface area contributed by atoms with E-state index in [9.17, 15) is 13.2 Å². The third-order valence-electron chi connectivity index (χ3n) is 4.88. The zero-order valence-corrected chi connectivity index (χ0v) is 17.0. The molecule has 0 spiro atoms. The van der Waals surface area contributed by atoms with Crippen molar-refractivity contribution in [3.8, 4) is 0 Å². The normalized spacial score (nSPS) is 15.4. The van der Waals surface area contributed by atoms with E-state index in [1.54, 1.807) is 59.5 Å². The van der Waals surface area contributed by atoms with Crippen LogP contribution in [0.25, 0.3) is 0 Å². The smallest absolute Gasteiger partial charge is 0.321 e. The van der Waals surface area contributed by atoms with Gasteiger partial charge in [0.2, 0.25) is 10.0 Å². The standard InChI is InChI=1S/C20H24ClN3O3S/c21-17-5-4-6-18(15-17)23-20(25)24-13-10-16(11-14-24)9-12-22-28(26,27)19-7-2-1-3-8-19/h1-8,15-16,22H,9-14H2,(H,23,25). The summed E-state index contributed by atoms with van der Waals surface area (Å²) in [6.45, 7) is 1.71. The van der Waals surface area contributed by atoms with Crippen LogP contribution >= 0.6 is 11.6 Å². The topological polar surface area (TPSA) is 78.5 Å². The Morgan fingerprint density at radius 1 is 1.07 bits per heavy atom. The van der Waals surface area contributed by atoms with Crippen molar-refractivity contribution in [3.63, 3.8) is 0 Å². The Morgan fingerprint density at radius 3 is 2.46 bits per heavy atom. The van der Waals surface area contributed by atoms with Gasteiger partial charge in [0.1, 0.15) is 0 Å². The fraction of sp³-hybridized carbons (Fsp3) is 0.350. The van der Waals surface area contributed by atoms with Crippen LogP contribution in [-0.4, -0.2) is 39.0 Å². The third-order valence-corrected chi connectivity index (χ3v) is 6.59. The first kappa shape index (κ1) is 20.6. The molecule has 28 heavy (non-hydrogen) atoms. The second kappa shape index (κ2) is 9.41. The van der Waals surface area contributed by atoms with E-state index in [4.69, 9.17) is 11.6 Å². The summed E-state index contributed by atoms with van der Waals surface area (Å²) in [5, 5.41) is 3.44. The molecule has 1 fully saturated rings. The van der Waals surface area contributed by atoms with Crippen molar-refractivity contribution in [1.29, 1.82) is 0 Å². The second-order valence-corrected chi connectivity index (χ2v) is 9.07. The van der Waals surface area contributed by atoms with Crippen LogP contribution < -0.4 is 10.0 Å². The molecule has 2 N–H and O–H groups in total. The predicted molar refractivity (Wildman–Crippen MR) is 111 cm³/mol. The maximum atomic E-state index is 12.4. The average Bonchev–Trinajstić information content (AvgIpc) is 2.69. The van der Waals surface area contributed by atoms with Gasteiger partial charge in [-0.25, -0.2) is 17.9 Å². The van der Waals surface area contributed by atoms with Crippen molar-refractivity contribution in [2.24, 2.45) is 5.92 Å². The highest BCUT2D eigenvalue weighted by Crippen LogP contribution is 2.22. The summed E-state index contributed by atoms with van der Waals surface area (Å²) in [7, 11) is -3.46. The number of urea groups is 1. The quantitative estimate of drug-likeness (QED) is 0.741. The molecule has 8 heteroatoms. The molecule has 1 heterocycles. The van der Waals surface area contributed by atoms with Crippen LogP contribution in [-0.2, 0) is 10.0 Å². The highest BCUT2D eigenvalue weighted by Gasteiger charge is 2.23. The minimum Gasteiger partial charge on any atom is -0.325 e. The Kier molecular flexibility index (Phi) is 6.93. The summed E-state index contributed by atoms with van der Waals surface area (Å²) < 4.78 is 27.1. The second-order valence-electron chi connectivity index (χ2n) is 6.87. The van der Waals surface area contributed by atoms with Crippen LogP contribution in [0.3, 0.4) is 0 Å². The number of nitrogens with zero attached hydrogens (tertiary/aromatic N) is 1. The van der Waals surface area contributed by atoms with E-state index >= 15 is 0 Å². The van der Waals surface area contributed by atoms with Crippen LogP contribution in [0.1, 0.15) is 19.3 Å². The minimum absolute atomic E-state index is 0.134. The number of anilines is 1. The highest BCUT2D eigenvalue weighted by atomic mass is 35.5. The summed E-state index contributed by atoms with van der Waals surface area (Å²) in [6, 6.07) is 15.3. The molecule has 2 aromatic carbocycles. The molecule has 0 bridgehead atoms. The number of hydrogen-bond donors (Lipinski definition) is 2. The summed E-state index contributed by atoms with van der Waals surface area (Å²) in [5.41, 5.74) is 0.676. The Hall–Kier alpha value is -2.09. The Labute approximate surface area is 170 Å². The zero-order valence-electron chi connectivity index (χ0n) is 15.5. The Balaban J connectivity index is 1.41. The lowest BCUT2D eigenvalue weighted by molar-refractivity contribution is 0.180. The van der Waals surface area contributed by atoms with Gasteiger partial charge in [-0.3, -0.25) is 0 Å². The van der Waals surface area contributed by atoms with E-state index in [0.717, 1.165) is 19.3 Å². The molecular weight excluding hydrogens is 398 g/mol. The molecule has 150 valence electrons. The van der Waals surface area contributed by atoms with E-state index in [2.05, 4.69) is 10.0 Å². The molecule has 0 aliphatic carbocycles. The SMILES string of the molecule is O=C(Nc1cccc(Cl)c1)N1CCC(CCNS(=O)(=O)c2ccccc2)CC1. The molecule has 0 aromatic heterocycles. The monoisotopic (exact) mass is 421 g/mol. The molecule has 6 nitrogen and oxygen atoms in total. The summed E-state index contributed by atoms with van der Waals surface area (Å²) >= 11 is 5.94. The van der Waals surface area contributed by atoms with Gasteiger partial charge in [-0.05, 0) is 55.5 Å². The van der Waals surface area contributed by atoms with E-state index in [1.807, 2.05) is 0 Å². The number of sulfonamides is 1. The minimum atomic E-state index is -3.46. The number of halogens is 1. The van der Waals surface area contributed by atoms with Crippen molar-refractivity contribution in [2.45, 2.75) is 24.2 Å². The van der Waals surface area contributed by atoms with Crippen molar-refractivity contribution >= 4 is 33.3 Å². The molecule has 0 unspecified atom stereocenters. The average molecular weight is 422 g/mol. The van der Waals surface area contributed by atoms with Gasteiger partial charge in [0, 0.05) is 30.3 Å². The van der Waals surface area contributed by atoms with Gasteiger partial charge in [0.05, 0.1) is 4.90 Å². The summed E-state index contributed by atoms with van der Waals surface area (Å²) in [4.78, 5) is 14.4. The molecule has 1 aliphatic heterocycles. The number of rotatable bonds is 6. The largest absolute Gasteiger partial charge is 0.325 e. The molecule has 0 atom stereocenters. The summed E-state index contributed by atoms with van der Waals surface area (Å²) in [6.07, 6.45) is 2.47. The summed E-state index contributed by atoms with van der Waals surface area (Å²) in [5.74, 6) is 0.397. The van der Waals surface area contributed by atoms with Crippen LogP contribution in [0.15, 0.2) is 59.5 Å². The number of piperidine rings is 1. The molecular formula is C20H24ClN3O3S. The molecule has 1 aliphatic rings. The van der Waals surface area contributed by atoms with Gasteiger partial charge in [0.15, 0.2) is 0 Å². The fourth-order valence-electron chi connectivity index (χ4n) is 3.27. The molecule has 2 amide bonds. The lowest BCUT2D eigenvalue weighted by Gasteiger charge is -2.32. The Bertz CT molecular complexity index is 898. The highest BCUT2D eigenvalue weighted by molar-refractivity contribution is 7.89. The first-order chi connectivity index (χ1) is 13.4. The molecule has 0 saturated carbocycles. The predicted octanol–water partition coefficient (Wildman–Crippen LogP) is 3.95. The number of carbonyl (C=O) groups excluding carboxylic acids is 1. The Morgan fingerprint density at radius 2 is 1.79 bits per heavy atom. The van der Waals surface area contributed by atoms with Crippen molar-refractivity contribution < 1.29 is 13.2 Å². The van der Waals surface area contributed by atoms with Gasteiger partial charge >= 0.3 is 6.03 Å². The van der Waals surface area contributed by atoms with Crippen LogP contribution in [0.2, 0.25) is 5.02 Å². The van der Waals surface area contributed by atoms with Crippen LogP contribution in [0.5, 0.6) is 0 Å². The van der Waals surface area contributed by atoms with Gasteiger partial charge in [-0.1, -0.05) is 35.9 Å². The van der Waals surface area contributed by atoms with Gasteiger partial charge in [0.25, 0.3) is 0 Å². The number of hydrogen-bond acceptors (Lipinski definition) is 3. The van der Waals surface area contributed by atoms with Crippen LogP contribution in [0, 0.1) is 5.92 Å². The van der Waals surface area contributed by atoms with E-state index in [-0.39, 0.29) is 10.9 Å². The number of amides is 2. The van der Waals surface area contributed by atoms with Crippen molar-refractivity contribution in [1.82, 2.24) is 9.62 Å². The maximum absolute atomic E-state index is 12.4. The van der Waals surface area contributed by atoms with Gasteiger partial charge in [-0.15, -0.1) is 0 Å². The van der Waals surface area contributed by atoms with Crippen LogP contribution in [0.4, 0.5) is 10.5 Å². The van der Waals surface area contributed by atoms with Crippen molar-refractivity contribution in [3.05, 3.63) is 59.6 Å². The van der Waals surface area contributed by atoms with Gasteiger partial charge < -0.3 is 10.2 Å². The van der Waals surface area contributed by atoms with Gasteiger partial charge in [-0.2, -0.15) is 0 Å². The van der Waals surface area contributed by atoms with Crippen molar-refractivity contribution in [2.75, 3.05) is 25.0 Å². The third kappa shape index (κ3) is 5.70. The maximum Gasteiger partial charge on any atom is 0.321 e. The van der Waals surface area contributed by atoms with E-state index in [0.29, 0.717) is 36.3 Å². The number of nitrogens with one attached hydrogen (secondary N) is 2. The van der Waals surface area contributed by atoms with E-state index in [1.165, 1.54) is 0 Å². The first-order valence-electron chi connectivity index (χ1n) is 9.30. The number of likely N-dealkylation sites (tertiary alicyclic amines) is 1. The molecule has 3 rings (SSSR count). The number of carbonyl (C=O) groups is 1. The lowest BCUT2D eigenvalue weighted by Crippen LogP contribution is -2.41. The zero-order chi connectivity index (χ0) is 20.0. The molecule has 2 aromatic rings.